The van der Waals surface area contributed by atoms with Gasteiger partial charge in [-0.1, -0.05) is 0 Å². The van der Waals surface area contributed by atoms with Gasteiger partial charge in [0.05, 0.1) is 5.56 Å². The SMILES string of the molecule is Cl.N.N.N.N.NC(=O)c1ccc(NC(=O)c2ccc(Nc3nc(N4CCCCC4)nc(N4CCCCC4)n3)cc2O)cc1.[HH].[HH].[HH].[HH]. The van der Waals surface area contributed by atoms with E-state index in [9.17, 15) is 14.7 Å². The van der Waals surface area contributed by atoms with Crippen LogP contribution in [-0.4, -0.2) is 58.1 Å². The summed E-state index contributed by atoms with van der Waals surface area (Å²) in [5, 5.41) is 16.5. The van der Waals surface area contributed by atoms with Crippen molar-refractivity contribution in [3.63, 3.8) is 0 Å². The van der Waals surface area contributed by atoms with Gasteiger partial charge in [-0.2, -0.15) is 15.0 Å². The van der Waals surface area contributed by atoms with Gasteiger partial charge < -0.3 is 55.9 Å². The smallest absolute Gasteiger partial charge is 0.259 e. The Kier molecular flexibility index (Phi) is 15.9. The maximum absolute atomic E-state index is 12.7. The van der Waals surface area contributed by atoms with Crippen LogP contribution in [0.1, 0.15) is 64.9 Å². The largest absolute Gasteiger partial charge is 0.507 e. The second-order valence-corrected chi connectivity index (χ2v) is 9.61. The molecule has 2 fully saturated rings. The molecule has 2 aromatic carbocycles. The monoisotopic (exact) mass is 628 g/mol. The highest BCUT2D eigenvalue weighted by molar-refractivity contribution is 6.06. The lowest BCUT2D eigenvalue weighted by Crippen LogP contribution is -2.34. The third kappa shape index (κ3) is 9.62. The lowest BCUT2D eigenvalue weighted by atomic mass is 10.1. The van der Waals surface area contributed by atoms with Crippen LogP contribution in [0.25, 0.3) is 0 Å². The number of anilines is 5. The van der Waals surface area contributed by atoms with Crippen LogP contribution < -0.4 is 50.8 Å². The summed E-state index contributed by atoms with van der Waals surface area (Å²) in [6, 6.07) is 10.9. The Labute approximate surface area is 263 Å². The zero-order valence-electron chi connectivity index (χ0n) is 24.4. The molecule has 1 aromatic heterocycles. The first-order chi connectivity index (χ1) is 18.5. The van der Waals surface area contributed by atoms with Crippen LogP contribution in [0.2, 0.25) is 0 Å². The van der Waals surface area contributed by atoms with E-state index in [1.165, 1.54) is 37.1 Å². The van der Waals surface area contributed by atoms with Crippen LogP contribution in [0.15, 0.2) is 42.5 Å². The van der Waals surface area contributed by atoms with Gasteiger partial charge in [-0.05, 0) is 74.9 Å². The van der Waals surface area contributed by atoms with Gasteiger partial charge in [-0.3, -0.25) is 9.59 Å². The maximum atomic E-state index is 12.7. The summed E-state index contributed by atoms with van der Waals surface area (Å²) in [5.74, 6) is 0.486. The summed E-state index contributed by atoms with van der Waals surface area (Å²) in [6.07, 6.45) is 6.87. The molecule has 17 N–H and O–H groups in total. The van der Waals surface area contributed by atoms with E-state index in [2.05, 4.69) is 30.4 Å². The molecule has 2 aliphatic heterocycles. The quantitative estimate of drug-likeness (QED) is 0.156. The van der Waals surface area contributed by atoms with Crippen LogP contribution >= 0.6 is 12.4 Å². The van der Waals surface area contributed by atoms with Crippen molar-refractivity contribution in [3.8, 4) is 5.75 Å². The number of hydrogen-bond acceptors (Lipinski definition) is 13. The second kappa shape index (κ2) is 17.6. The van der Waals surface area contributed by atoms with Crippen LogP contribution in [0.4, 0.5) is 29.2 Å². The highest BCUT2D eigenvalue weighted by Gasteiger charge is 2.21. The topological polar surface area (TPSA) is 290 Å². The number of carbonyl (C=O) groups excluding carboxylic acids is 2. The zero-order valence-corrected chi connectivity index (χ0v) is 25.2. The highest BCUT2D eigenvalue weighted by Crippen LogP contribution is 2.27. The van der Waals surface area contributed by atoms with Gasteiger partial charge in [0.15, 0.2) is 0 Å². The summed E-state index contributed by atoms with van der Waals surface area (Å²) in [6.45, 7) is 3.66. The number of hydrogen-bond donors (Lipinski definition) is 8. The number of phenols is 1. The number of nitrogens with one attached hydrogen (secondary N) is 2. The number of rotatable bonds is 7. The van der Waals surface area contributed by atoms with E-state index in [1.807, 2.05) is 0 Å². The summed E-state index contributed by atoms with van der Waals surface area (Å²) >= 11 is 0. The molecular weight excluding hydrogens is 576 g/mol. The normalized spacial score (nSPS) is 13.9. The number of aromatic hydroxyl groups is 1. The van der Waals surface area contributed by atoms with E-state index in [0.717, 1.165) is 51.9 Å². The molecule has 246 valence electrons. The summed E-state index contributed by atoms with van der Waals surface area (Å²) in [5.41, 5.74) is 6.72. The van der Waals surface area contributed by atoms with Gasteiger partial charge in [-0.25, -0.2) is 0 Å². The first kappa shape index (κ1) is 38.7. The Morgan fingerprint density at radius 1 is 0.744 bits per heavy atom. The number of aromatic nitrogens is 3. The highest BCUT2D eigenvalue weighted by atomic mass is 35.5. The number of nitrogens with zero attached hydrogens (tertiary/aromatic N) is 5. The van der Waals surface area contributed by atoms with Crippen molar-refractivity contribution in [1.29, 1.82) is 0 Å². The summed E-state index contributed by atoms with van der Waals surface area (Å²) < 4.78 is 0. The lowest BCUT2D eigenvalue weighted by molar-refractivity contribution is 0.0998. The van der Waals surface area contributed by atoms with E-state index >= 15 is 0 Å². The molecule has 0 atom stereocenters. The second-order valence-electron chi connectivity index (χ2n) is 9.61. The molecule has 2 aliphatic rings. The number of primary amides is 1. The summed E-state index contributed by atoms with van der Waals surface area (Å²) in [7, 11) is 0. The predicted molar refractivity (Wildman–Crippen MR) is 182 cm³/mol. The van der Waals surface area contributed by atoms with E-state index in [1.54, 1.807) is 18.2 Å². The fraction of sp³-hybridized carbons (Fsp3) is 0.370. The fourth-order valence-electron chi connectivity index (χ4n) is 4.73. The first-order valence-electron chi connectivity index (χ1n) is 13.0. The van der Waals surface area contributed by atoms with Gasteiger partial charge in [0, 0.05) is 54.9 Å². The zero-order chi connectivity index (χ0) is 26.5. The molecule has 43 heavy (non-hydrogen) atoms. The van der Waals surface area contributed by atoms with Gasteiger partial charge >= 0.3 is 0 Å². The fourth-order valence-corrected chi connectivity index (χ4v) is 4.73. The van der Waals surface area contributed by atoms with Gasteiger partial charge in [0.1, 0.15) is 5.75 Å². The number of halogens is 1. The molecule has 2 amide bonds. The van der Waals surface area contributed by atoms with Crippen LogP contribution in [0.5, 0.6) is 5.75 Å². The van der Waals surface area contributed by atoms with Crippen molar-refractivity contribution in [2.45, 2.75) is 38.5 Å². The first-order valence-corrected chi connectivity index (χ1v) is 13.0. The Morgan fingerprint density at radius 3 is 1.70 bits per heavy atom. The standard InChI is InChI=1S/C27H32N8O3.ClH.4H3N.4H2/c28-23(37)18-7-9-19(10-8-18)29-24(38)21-12-11-20(17-22(21)36)30-25-31-26(34-13-3-1-4-14-34)33-27(32-25)35-15-5-2-6-16-35;;;;;;;;;/h7-12,17,36H,1-6,13-16H2,(H2,28,37)(H,29,38)(H,30,31,32,33);1H;4*1H3;4*1H. The van der Waals surface area contributed by atoms with Crippen LogP contribution in [0.3, 0.4) is 0 Å². The Balaban J connectivity index is -0.000000653. The molecule has 0 aliphatic carbocycles. The number of carbonyl (C=O) groups is 2. The molecule has 3 heterocycles. The lowest BCUT2D eigenvalue weighted by Gasteiger charge is -2.30. The van der Waals surface area contributed by atoms with Crippen LogP contribution in [-0.2, 0) is 0 Å². The van der Waals surface area contributed by atoms with Crippen molar-refractivity contribution < 1.29 is 20.4 Å². The minimum atomic E-state index is -0.548. The molecule has 0 saturated carbocycles. The molecule has 3 aromatic rings. The number of amides is 2. The van der Waals surface area contributed by atoms with E-state index in [4.69, 9.17) is 10.7 Å². The van der Waals surface area contributed by atoms with Crippen molar-refractivity contribution in [2.24, 2.45) is 5.73 Å². The van der Waals surface area contributed by atoms with E-state index in [0.29, 0.717) is 34.8 Å². The molecule has 0 bridgehead atoms. The van der Waals surface area contributed by atoms with Gasteiger partial charge in [0.25, 0.3) is 5.91 Å². The number of phenolic OH excluding ortho intramolecular Hbond substituents is 1. The van der Waals surface area contributed by atoms with Gasteiger partial charge in [-0.15, -0.1) is 12.4 Å². The Bertz CT molecular complexity index is 1300. The molecule has 5 rings (SSSR count). The average molecular weight is 629 g/mol. The van der Waals surface area contributed by atoms with Crippen molar-refractivity contribution in [1.82, 2.24) is 39.6 Å². The van der Waals surface area contributed by atoms with Crippen molar-refractivity contribution in [3.05, 3.63) is 53.6 Å². The van der Waals surface area contributed by atoms with E-state index < -0.39 is 11.8 Å². The number of nitrogens with two attached hydrogens (primary N) is 1. The Hall–Kier alpha value is -4.28. The molecule has 2 saturated heterocycles. The molecular formula is C27H53ClN12O3. The molecule has 0 unspecified atom stereocenters. The minimum Gasteiger partial charge on any atom is -0.507 e. The van der Waals surface area contributed by atoms with Gasteiger partial charge in [0.2, 0.25) is 23.8 Å². The van der Waals surface area contributed by atoms with Crippen LogP contribution in [0, 0.1) is 0 Å². The van der Waals surface area contributed by atoms with E-state index in [-0.39, 0.29) is 54.0 Å². The van der Waals surface area contributed by atoms with Crippen molar-refractivity contribution in [2.75, 3.05) is 46.6 Å². The third-order valence-corrected chi connectivity index (χ3v) is 6.82. The Morgan fingerprint density at radius 2 is 1.23 bits per heavy atom. The molecule has 0 spiro atoms. The summed E-state index contributed by atoms with van der Waals surface area (Å²) in [4.78, 5) is 42.5. The average Bonchev–Trinajstić information content (AvgIpc) is 2.94. The number of benzene rings is 2. The maximum Gasteiger partial charge on any atom is 0.259 e. The molecule has 0 radical (unpaired) electrons. The number of piperidine rings is 2. The third-order valence-electron chi connectivity index (χ3n) is 6.82. The molecule has 15 nitrogen and oxygen atoms in total. The predicted octanol–water partition coefficient (Wildman–Crippen LogP) is 5.71. The minimum absolute atomic E-state index is 0. The van der Waals surface area contributed by atoms with Crippen molar-refractivity contribution >= 4 is 53.4 Å². The molecule has 16 heteroatoms.